The van der Waals surface area contributed by atoms with Crippen LogP contribution in [0.1, 0.15) is 21.5 Å². The third-order valence-corrected chi connectivity index (χ3v) is 3.50. The first-order valence-corrected chi connectivity index (χ1v) is 7.78. The van der Waals surface area contributed by atoms with Gasteiger partial charge in [0.15, 0.2) is 0 Å². The van der Waals surface area contributed by atoms with Crippen LogP contribution in [0.3, 0.4) is 0 Å². The summed E-state index contributed by atoms with van der Waals surface area (Å²) in [5.74, 6) is -0.155. The Morgan fingerprint density at radius 1 is 1.09 bits per heavy atom. The van der Waals surface area contributed by atoms with E-state index in [1.54, 1.807) is 6.07 Å². The first-order valence-electron chi connectivity index (χ1n) is 7.78. The van der Waals surface area contributed by atoms with Crippen molar-refractivity contribution in [3.05, 3.63) is 71.3 Å². The summed E-state index contributed by atoms with van der Waals surface area (Å²) in [5, 5.41) is 12.8. The van der Waals surface area contributed by atoms with Gasteiger partial charge in [-0.15, -0.1) is 0 Å². The van der Waals surface area contributed by atoms with Crippen molar-refractivity contribution in [2.45, 2.75) is 19.1 Å². The Morgan fingerprint density at radius 2 is 1.78 bits per heavy atom. The fraction of sp³-hybridized carbons (Fsp3) is 0.316. The summed E-state index contributed by atoms with van der Waals surface area (Å²) < 4.78 is 0. The van der Waals surface area contributed by atoms with Crippen LogP contribution in [0.2, 0.25) is 0 Å². The molecule has 2 N–H and O–H groups in total. The Morgan fingerprint density at radius 3 is 2.48 bits per heavy atom. The Hall–Kier alpha value is -2.17. The predicted molar refractivity (Wildman–Crippen MR) is 92.3 cm³/mol. The molecule has 0 bridgehead atoms. The zero-order valence-electron chi connectivity index (χ0n) is 13.7. The van der Waals surface area contributed by atoms with Crippen molar-refractivity contribution < 1.29 is 9.90 Å². The molecule has 2 aromatic rings. The van der Waals surface area contributed by atoms with E-state index < -0.39 is 6.10 Å². The van der Waals surface area contributed by atoms with Gasteiger partial charge < -0.3 is 15.3 Å². The molecule has 2 rings (SSSR count). The van der Waals surface area contributed by atoms with Crippen LogP contribution in [0.15, 0.2) is 54.6 Å². The fourth-order valence-electron chi connectivity index (χ4n) is 2.45. The van der Waals surface area contributed by atoms with Crippen molar-refractivity contribution in [3.8, 4) is 0 Å². The van der Waals surface area contributed by atoms with E-state index in [0.29, 0.717) is 12.0 Å². The number of nitrogens with one attached hydrogen (secondary N) is 1. The summed E-state index contributed by atoms with van der Waals surface area (Å²) in [5.41, 5.74) is 2.77. The van der Waals surface area contributed by atoms with Crippen LogP contribution in [-0.2, 0) is 13.0 Å². The molecule has 0 heterocycles. The van der Waals surface area contributed by atoms with Gasteiger partial charge in [-0.05, 0) is 37.4 Å². The highest BCUT2D eigenvalue weighted by Gasteiger charge is 2.10. The van der Waals surface area contributed by atoms with Crippen molar-refractivity contribution in [1.29, 1.82) is 0 Å². The van der Waals surface area contributed by atoms with Gasteiger partial charge in [0.1, 0.15) is 0 Å². The summed E-state index contributed by atoms with van der Waals surface area (Å²) >= 11 is 0. The van der Waals surface area contributed by atoms with Crippen molar-refractivity contribution in [2.24, 2.45) is 0 Å². The van der Waals surface area contributed by atoms with Crippen LogP contribution in [0.25, 0.3) is 0 Å². The zero-order chi connectivity index (χ0) is 16.7. The maximum absolute atomic E-state index is 12.2. The van der Waals surface area contributed by atoms with E-state index in [9.17, 15) is 9.90 Å². The molecule has 1 atom stereocenters. The number of amides is 1. The lowest BCUT2D eigenvalue weighted by molar-refractivity contribution is 0.0916. The molecule has 122 valence electrons. The number of nitrogens with zero attached hydrogens (tertiary/aromatic N) is 1. The van der Waals surface area contributed by atoms with Gasteiger partial charge >= 0.3 is 0 Å². The van der Waals surface area contributed by atoms with Gasteiger partial charge in [-0.2, -0.15) is 0 Å². The molecule has 0 aromatic heterocycles. The molecule has 1 unspecified atom stereocenters. The minimum absolute atomic E-state index is 0.155. The van der Waals surface area contributed by atoms with Crippen LogP contribution < -0.4 is 5.32 Å². The number of aliphatic hydroxyl groups excluding tert-OH is 1. The standard InChI is InChI=1S/C19H24N2O2/c1-21(2)14-16-9-6-10-17(11-16)19(23)20-13-18(22)12-15-7-4-3-5-8-15/h3-11,18,22H,12-14H2,1-2H3,(H,20,23). The summed E-state index contributed by atoms with van der Waals surface area (Å²) in [6.45, 7) is 1.03. The first-order chi connectivity index (χ1) is 11.0. The topological polar surface area (TPSA) is 52.6 Å². The normalized spacial score (nSPS) is 12.2. The van der Waals surface area contributed by atoms with Crippen molar-refractivity contribution in [3.63, 3.8) is 0 Å². The lowest BCUT2D eigenvalue weighted by Crippen LogP contribution is -2.33. The van der Waals surface area contributed by atoms with E-state index in [-0.39, 0.29) is 12.5 Å². The third-order valence-electron chi connectivity index (χ3n) is 3.50. The number of carbonyl (C=O) groups is 1. The van der Waals surface area contributed by atoms with Crippen LogP contribution in [0.5, 0.6) is 0 Å². The SMILES string of the molecule is CN(C)Cc1cccc(C(=O)NCC(O)Cc2ccccc2)c1. The van der Waals surface area contributed by atoms with E-state index in [1.807, 2.05) is 62.6 Å². The number of benzene rings is 2. The number of rotatable bonds is 7. The van der Waals surface area contributed by atoms with Gasteiger partial charge in [0.05, 0.1) is 6.10 Å². The van der Waals surface area contributed by atoms with Gasteiger partial charge in [-0.1, -0.05) is 42.5 Å². The molecule has 4 heteroatoms. The molecule has 23 heavy (non-hydrogen) atoms. The lowest BCUT2D eigenvalue weighted by atomic mass is 10.1. The van der Waals surface area contributed by atoms with E-state index in [0.717, 1.165) is 17.7 Å². The number of aliphatic hydroxyl groups is 1. The molecule has 0 aliphatic carbocycles. The maximum atomic E-state index is 12.2. The van der Waals surface area contributed by atoms with Crippen LogP contribution >= 0.6 is 0 Å². The average molecular weight is 312 g/mol. The average Bonchev–Trinajstić information content (AvgIpc) is 2.53. The van der Waals surface area contributed by atoms with Crippen LogP contribution in [-0.4, -0.2) is 42.7 Å². The van der Waals surface area contributed by atoms with Gasteiger partial charge in [0.25, 0.3) is 5.91 Å². The molecule has 0 spiro atoms. The second-order valence-corrected chi connectivity index (χ2v) is 5.99. The highest BCUT2D eigenvalue weighted by atomic mass is 16.3. The molecule has 0 fully saturated rings. The monoisotopic (exact) mass is 312 g/mol. The Labute approximate surface area is 137 Å². The van der Waals surface area contributed by atoms with Crippen molar-refractivity contribution >= 4 is 5.91 Å². The molecule has 2 aromatic carbocycles. The second-order valence-electron chi connectivity index (χ2n) is 5.99. The Kier molecular flexibility index (Phi) is 6.32. The lowest BCUT2D eigenvalue weighted by Gasteiger charge is -2.13. The van der Waals surface area contributed by atoms with E-state index in [4.69, 9.17) is 0 Å². The molecular formula is C19H24N2O2. The van der Waals surface area contributed by atoms with E-state index in [1.165, 1.54) is 0 Å². The summed E-state index contributed by atoms with van der Waals surface area (Å²) in [7, 11) is 3.99. The highest BCUT2D eigenvalue weighted by Crippen LogP contribution is 2.07. The first kappa shape index (κ1) is 17.2. The van der Waals surface area contributed by atoms with Gasteiger partial charge in [-0.25, -0.2) is 0 Å². The highest BCUT2D eigenvalue weighted by molar-refractivity contribution is 5.94. The molecule has 0 saturated heterocycles. The zero-order valence-corrected chi connectivity index (χ0v) is 13.7. The third kappa shape index (κ3) is 5.85. The molecule has 0 saturated carbocycles. The fourth-order valence-corrected chi connectivity index (χ4v) is 2.45. The second kappa shape index (κ2) is 8.46. The Bertz CT molecular complexity index is 626. The van der Waals surface area contributed by atoms with Gasteiger partial charge in [0.2, 0.25) is 0 Å². The summed E-state index contributed by atoms with van der Waals surface area (Å²) in [4.78, 5) is 14.3. The number of hydrogen-bond donors (Lipinski definition) is 2. The van der Waals surface area contributed by atoms with Crippen molar-refractivity contribution in [2.75, 3.05) is 20.6 Å². The Balaban J connectivity index is 1.87. The largest absolute Gasteiger partial charge is 0.391 e. The maximum Gasteiger partial charge on any atom is 0.251 e. The predicted octanol–water partition coefficient (Wildman–Crippen LogP) is 2.08. The minimum Gasteiger partial charge on any atom is -0.391 e. The van der Waals surface area contributed by atoms with Crippen LogP contribution in [0, 0.1) is 0 Å². The van der Waals surface area contributed by atoms with Crippen molar-refractivity contribution in [1.82, 2.24) is 10.2 Å². The van der Waals surface area contributed by atoms with Crippen LogP contribution in [0.4, 0.5) is 0 Å². The van der Waals surface area contributed by atoms with E-state index in [2.05, 4.69) is 10.2 Å². The van der Waals surface area contributed by atoms with Gasteiger partial charge in [-0.3, -0.25) is 4.79 Å². The molecule has 0 aliphatic rings. The quantitative estimate of drug-likeness (QED) is 0.823. The molecular weight excluding hydrogens is 288 g/mol. The molecule has 0 aliphatic heterocycles. The smallest absolute Gasteiger partial charge is 0.251 e. The molecule has 4 nitrogen and oxygen atoms in total. The molecule has 1 amide bonds. The minimum atomic E-state index is -0.591. The number of carbonyl (C=O) groups excluding carboxylic acids is 1. The summed E-state index contributed by atoms with van der Waals surface area (Å²) in [6, 6.07) is 17.3. The number of hydrogen-bond acceptors (Lipinski definition) is 3. The van der Waals surface area contributed by atoms with E-state index >= 15 is 0 Å². The summed E-state index contributed by atoms with van der Waals surface area (Å²) in [6.07, 6.45) is -0.0618. The van der Waals surface area contributed by atoms with Gasteiger partial charge in [0, 0.05) is 25.1 Å². The molecule has 0 radical (unpaired) electrons.